The van der Waals surface area contributed by atoms with Crippen LogP contribution in [-0.2, 0) is 10.9 Å². The maximum absolute atomic E-state index is 13.8. The minimum absolute atomic E-state index is 0.0261. The van der Waals surface area contributed by atoms with Gasteiger partial charge in [-0.05, 0) is 31.2 Å². The first-order valence-electron chi connectivity index (χ1n) is 10.3. The molecule has 10 heteroatoms. The van der Waals surface area contributed by atoms with Gasteiger partial charge in [0.05, 0.1) is 0 Å². The van der Waals surface area contributed by atoms with E-state index >= 15 is 0 Å². The smallest absolute Gasteiger partial charge is 0.431 e. The first kappa shape index (κ1) is 20.7. The van der Waals surface area contributed by atoms with Crippen LogP contribution in [0.2, 0.25) is 0 Å². The topological polar surface area (TPSA) is 62.2 Å². The van der Waals surface area contributed by atoms with Crippen molar-refractivity contribution >= 4 is 22.4 Å². The molecule has 1 saturated heterocycles. The van der Waals surface area contributed by atoms with E-state index in [1.165, 1.54) is 18.3 Å². The number of alkyl halides is 3. The van der Waals surface area contributed by atoms with Crippen LogP contribution in [0.4, 0.5) is 23.2 Å². The summed E-state index contributed by atoms with van der Waals surface area (Å²) >= 11 is 0. The largest absolute Gasteiger partial charge is 0.482 e. The van der Waals surface area contributed by atoms with Crippen molar-refractivity contribution in [1.29, 1.82) is 0 Å². The highest BCUT2D eigenvalue weighted by molar-refractivity contribution is 5.96. The molecular weight excluding hydrogens is 428 g/mol. The molecule has 0 saturated carbocycles. The number of H-pyrrole nitrogens is 1. The second-order valence-electron chi connectivity index (χ2n) is 7.97. The van der Waals surface area contributed by atoms with E-state index in [2.05, 4.69) is 19.9 Å². The van der Waals surface area contributed by atoms with Gasteiger partial charge in [0, 0.05) is 28.9 Å². The van der Waals surface area contributed by atoms with E-state index < -0.39 is 23.7 Å². The van der Waals surface area contributed by atoms with E-state index in [-0.39, 0.29) is 18.4 Å². The van der Waals surface area contributed by atoms with Gasteiger partial charge in [0.25, 0.3) is 0 Å². The number of nitrogens with one attached hydrogen (secondary N) is 2. The van der Waals surface area contributed by atoms with Crippen molar-refractivity contribution in [3.63, 3.8) is 0 Å². The fourth-order valence-electron chi connectivity index (χ4n) is 4.26. The SMILES string of the molecule is C[C@@H]1C[N+](=C2COc3cc(F)ccc3[C@@H]2Nc2ccnc3[nH]c(C(F)(F)F)cc23)CCO1. The molecule has 0 aliphatic carbocycles. The quantitative estimate of drug-likeness (QED) is 0.456. The van der Waals surface area contributed by atoms with Gasteiger partial charge >= 0.3 is 6.18 Å². The highest BCUT2D eigenvalue weighted by Gasteiger charge is 2.37. The summed E-state index contributed by atoms with van der Waals surface area (Å²) in [6.07, 6.45) is -3.04. The molecular formula is C22H21F4N4O2+. The summed E-state index contributed by atoms with van der Waals surface area (Å²) in [5.74, 6) is -0.0133. The Morgan fingerprint density at radius 3 is 2.84 bits per heavy atom. The zero-order valence-electron chi connectivity index (χ0n) is 17.2. The molecule has 2 N–H and O–H groups in total. The molecule has 0 bridgehead atoms. The Morgan fingerprint density at radius 2 is 2.06 bits per heavy atom. The molecule has 32 heavy (non-hydrogen) atoms. The number of anilines is 1. The minimum Gasteiger partial charge on any atom is -0.482 e. The van der Waals surface area contributed by atoms with Crippen molar-refractivity contribution in [2.75, 3.05) is 31.6 Å². The molecule has 3 aromatic rings. The number of aromatic nitrogens is 2. The summed E-state index contributed by atoms with van der Waals surface area (Å²) in [7, 11) is 0. The molecule has 2 atom stereocenters. The predicted octanol–water partition coefficient (Wildman–Crippen LogP) is 4.14. The summed E-state index contributed by atoms with van der Waals surface area (Å²) in [6.45, 7) is 4.08. The fraction of sp³-hybridized carbons (Fsp3) is 0.364. The molecule has 2 aromatic heterocycles. The first-order chi connectivity index (χ1) is 15.3. The molecule has 4 heterocycles. The molecule has 1 aromatic carbocycles. The first-order valence-corrected chi connectivity index (χ1v) is 10.3. The van der Waals surface area contributed by atoms with Gasteiger partial charge in [-0.2, -0.15) is 13.2 Å². The van der Waals surface area contributed by atoms with Gasteiger partial charge in [-0.15, -0.1) is 0 Å². The number of fused-ring (bicyclic) bond motifs is 2. The average Bonchev–Trinajstić information content (AvgIpc) is 3.20. The highest BCUT2D eigenvalue weighted by Crippen LogP contribution is 2.37. The number of pyridine rings is 1. The fourth-order valence-corrected chi connectivity index (χ4v) is 4.26. The molecule has 2 aliphatic heterocycles. The second-order valence-corrected chi connectivity index (χ2v) is 7.97. The van der Waals surface area contributed by atoms with Gasteiger partial charge < -0.3 is 19.8 Å². The Bertz CT molecular complexity index is 1200. The Labute approximate surface area is 180 Å². The van der Waals surface area contributed by atoms with Crippen LogP contribution >= 0.6 is 0 Å². The molecule has 0 radical (unpaired) electrons. The van der Waals surface area contributed by atoms with Gasteiger partial charge in [-0.3, -0.25) is 0 Å². The molecule has 168 valence electrons. The van der Waals surface area contributed by atoms with Gasteiger partial charge in [0.2, 0.25) is 5.71 Å². The van der Waals surface area contributed by atoms with Crippen LogP contribution in [0.15, 0.2) is 36.5 Å². The van der Waals surface area contributed by atoms with Crippen LogP contribution in [0.25, 0.3) is 11.0 Å². The maximum Gasteiger partial charge on any atom is 0.431 e. The van der Waals surface area contributed by atoms with E-state index in [1.54, 1.807) is 12.1 Å². The number of hydrogen-bond acceptors (Lipinski definition) is 4. The van der Waals surface area contributed by atoms with Crippen LogP contribution in [-0.4, -0.2) is 52.7 Å². The Morgan fingerprint density at radius 1 is 1.22 bits per heavy atom. The molecule has 6 nitrogen and oxygen atoms in total. The lowest BCUT2D eigenvalue weighted by atomic mass is 9.97. The number of nitrogens with zero attached hydrogens (tertiary/aromatic N) is 2. The van der Waals surface area contributed by atoms with Crippen LogP contribution in [0.3, 0.4) is 0 Å². The number of halogens is 4. The van der Waals surface area contributed by atoms with E-state index in [9.17, 15) is 17.6 Å². The Hall–Kier alpha value is -3.14. The van der Waals surface area contributed by atoms with E-state index in [0.29, 0.717) is 42.1 Å². The lowest BCUT2D eigenvalue weighted by Gasteiger charge is -2.30. The van der Waals surface area contributed by atoms with Crippen molar-refractivity contribution in [3.8, 4) is 5.75 Å². The zero-order valence-corrected chi connectivity index (χ0v) is 17.2. The third kappa shape index (κ3) is 3.79. The normalized spacial score (nSPS) is 23.7. The molecule has 5 rings (SSSR count). The predicted molar refractivity (Wildman–Crippen MR) is 110 cm³/mol. The molecule has 0 amide bonds. The maximum atomic E-state index is 13.8. The van der Waals surface area contributed by atoms with Gasteiger partial charge in [0.1, 0.15) is 41.7 Å². The van der Waals surface area contributed by atoms with Crippen LogP contribution in [0, 0.1) is 5.82 Å². The highest BCUT2D eigenvalue weighted by atomic mass is 19.4. The van der Waals surface area contributed by atoms with Crippen molar-refractivity contribution < 1.29 is 31.6 Å². The number of ether oxygens (including phenoxy) is 2. The number of hydrogen-bond donors (Lipinski definition) is 2. The monoisotopic (exact) mass is 449 g/mol. The molecule has 0 spiro atoms. The van der Waals surface area contributed by atoms with Crippen LogP contribution in [0.5, 0.6) is 5.75 Å². The Balaban J connectivity index is 1.61. The summed E-state index contributed by atoms with van der Waals surface area (Å²) in [5, 5.41) is 3.70. The standard InChI is InChI=1S/C22H21F4N4O2/c1-12-10-30(6-7-31-12)17-11-32-18-8-13(23)2-3-14(18)20(17)28-16-4-5-27-21-15(16)9-19(29-21)22(24,25)26/h2-5,8-9,12,20H,6-7,10-11H2,1H3,(H2,27,28,29)/q+1/t12-,20+/m1/s1. The molecule has 1 fully saturated rings. The van der Waals surface area contributed by atoms with Crippen molar-refractivity contribution in [1.82, 2.24) is 9.97 Å². The number of benzene rings is 1. The minimum atomic E-state index is -4.51. The third-order valence-electron chi connectivity index (χ3n) is 5.78. The summed E-state index contributed by atoms with van der Waals surface area (Å²) in [4.78, 5) is 6.38. The lowest BCUT2D eigenvalue weighted by Crippen LogP contribution is -2.44. The average molecular weight is 449 g/mol. The second kappa shape index (κ2) is 7.77. The zero-order chi connectivity index (χ0) is 22.5. The summed E-state index contributed by atoms with van der Waals surface area (Å²) in [6, 6.07) is 6.58. The number of aromatic amines is 1. The number of morpholine rings is 1. The van der Waals surface area contributed by atoms with Crippen molar-refractivity contribution in [2.24, 2.45) is 0 Å². The van der Waals surface area contributed by atoms with E-state index in [4.69, 9.17) is 9.47 Å². The van der Waals surface area contributed by atoms with E-state index in [0.717, 1.165) is 11.8 Å². The lowest BCUT2D eigenvalue weighted by molar-refractivity contribution is -0.560. The number of rotatable bonds is 2. The molecule has 0 unspecified atom stereocenters. The van der Waals surface area contributed by atoms with Crippen LogP contribution in [0.1, 0.15) is 24.2 Å². The summed E-state index contributed by atoms with van der Waals surface area (Å²) < 4.78 is 67.2. The van der Waals surface area contributed by atoms with Gasteiger partial charge in [-0.1, -0.05) is 0 Å². The third-order valence-corrected chi connectivity index (χ3v) is 5.78. The van der Waals surface area contributed by atoms with Crippen LogP contribution < -0.4 is 10.1 Å². The van der Waals surface area contributed by atoms with E-state index in [1.807, 2.05) is 6.92 Å². The van der Waals surface area contributed by atoms with Gasteiger partial charge in [-0.25, -0.2) is 13.9 Å². The Kier molecular flexibility index (Phi) is 5.04. The summed E-state index contributed by atoms with van der Waals surface area (Å²) in [5.41, 5.74) is 1.38. The van der Waals surface area contributed by atoms with Crippen molar-refractivity contribution in [3.05, 3.63) is 53.6 Å². The van der Waals surface area contributed by atoms with Gasteiger partial charge in [0.15, 0.2) is 19.7 Å². The molecule has 2 aliphatic rings. The van der Waals surface area contributed by atoms with Crippen molar-refractivity contribution in [2.45, 2.75) is 25.2 Å².